The molecule has 11 nitrogen and oxygen atoms in total. The Balaban J connectivity index is 1.20. The molecule has 0 radical (unpaired) electrons. The second-order valence-corrected chi connectivity index (χ2v) is 14.3. The first-order chi connectivity index (χ1) is 19.8. The van der Waals surface area contributed by atoms with E-state index in [1.807, 2.05) is 44.2 Å². The summed E-state index contributed by atoms with van der Waals surface area (Å²) >= 11 is 1.67. The fraction of sp³-hybridized carbons (Fsp3) is 0.567. The normalized spacial score (nSPS) is 21.0. The number of hydrogen-bond donors (Lipinski definition) is 4. The zero-order valence-corrected chi connectivity index (χ0v) is 26.3. The van der Waals surface area contributed by atoms with E-state index in [2.05, 4.69) is 61.3 Å². The molecule has 0 bridgehead atoms. The van der Waals surface area contributed by atoms with Gasteiger partial charge in [-0.15, -0.1) is 16.9 Å². The topological polar surface area (TPSA) is 128 Å². The Morgan fingerprint density at radius 2 is 1.98 bits per heavy atom. The van der Waals surface area contributed by atoms with Crippen LogP contribution in [0.25, 0.3) is 5.70 Å². The second kappa shape index (κ2) is 11.7. The number of hydrogen-bond acceptors (Lipinski definition) is 11. The van der Waals surface area contributed by atoms with E-state index in [9.17, 15) is 9.90 Å². The molecule has 4 N–H and O–H groups in total. The van der Waals surface area contributed by atoms with E-state index in [0.717, 1.165) is 45.5 Å². The zero-order chi connectivity index (χ0) is 30.2. The van der Waals surface area contributed by atoms with Gasteiger partial charge in [-0.3, -0.25) is 5.01 Å². The third kappa shape index (κ3) is 6.99. The SMILES string of the molecule is CC1=CCC(C(O)Nc2cc(C(C)(C)C)on2)C=C1N1C=C(c2cnc(C3CCN(C(=O)OC(C)(C)C)CC3)s2)NN1. The van der Waals surface area contributed by atoms with Gasteiger partial charge in [0.2, 0.25) is 0 Å². The second-order valence-electron chi connectivity index (χ2n) is 13.2. The highest BCUT2D eigenvalue weighted by atomic mass is 32.1. The molecule has 2 atom stereocenters. The molecular weight excluding hydrogens is 554 g/mol. The van der Waals surface area contributed by atoms with Crippen molar-refractivity contribution in [3.05, 3.63) is 57.5 Å². The lowest BCUT2D eigenvalue weighted by Crippen LogP contribution is -2.41. The summed E-state index contributed by atoms with van der Waals surface area (Å²) in [6, 6.07) is 1.84. The van der Waals surface area contributed by atoms with Crippen LogP contribution in [0.2, 0.25) is 0 Å². The van der Waals surface area contributed by atoms with Crippen molar-refractivity contribution in [2.24, 2.45) is 5.92 Å². The number of anilines is 1. The summed E-state index contributed by atoms with van der Waals surface area (Å²) in [7, 11) is 0. The molecule has 1 fully saturated rings. The number of rotatable bonds is 6. The summed E-state index contributed by atoms with van der Waals surface area (Å²) in [4.78, 5) is 20.0. The van der Waals surface area contributed by atoms with E-state index in [4.69, 9.17) is 14.2 Å². The minimum Gasteiger partial charge on any atom is -0.444 e. The van der Waals surface area contributed by atoms with Crippen molar-refractivity contribution in [2.75, 3.05) is 18.4 Å². The maximum absolute atomic E-state index is 12.4. The van der Waals surface area contributed by atoms with Gasteiger partial charge in [-0.1, -0.05) is 38.1 Å². The number of nitrogens with zero attached hydrogens (tertiary/aromatic N) is 4. The van der Waals surface area contributed by atoms with E-state index in [-0.39, 0.29) is 17.4 Å². The van der Waals surface area contributed by atoms with Crippen LogP contribution >= 0.6 is 11.3 Å². The number of carbonyl (C=O) groups excluding carboxylic acids is 1. The van der Waals surface area contributed by atoms with Crippen LogP contribution < -0.4 is 16.3 Å². The monoisotopic (exact) mass is 597 g/mol. The molecule has 0 aromatic carbocycles. The molecule has 228 valence electrons. The quantitative estimate of drug-likeness (QED) is 0.319. The summed E-state index contributed by atoms with van der Waals surface area (Å²) in [6.45, 7) is 15.2. The Hall–Kier alpha value is -3.35. The number of likely N-dealkylation sites (tertiary alicyclic amines) is 1. The number of piperidine rings is 1. The van der Waals surface area contributed by atoms with Gasteiger partial charge in [0.15, 0.2) is 5.82 Å². The molecule has 0 saturated carbocycles. The van der Waals surface area contributed by atoms with Crippen molar-refractivity contribution in [1.29, 1.82) is 0 Å². The number of nitrogens with one attached hydrogen (secondary N) is 3. The standard InChI is InChI=1S/C30H43N7O4S/c1-18-8-9-20(26(38)32-25-15-24(41-34-25)29(2,3)4)14-22(18)37-17-21(33-35-37)23-16-31-27(42-23)19-10-12-36(13-11-19)28(39)40-30(5,6)7/h8,14-17,19-20,26,33,35,38H,9-13H2,1-7H3,(H,32,34). The highest BCUT2D eigenvalue weighted by molar-refractivity contribution is 7.12. The molecule has 4 heterocycles. The molecule has 3 aliphatic rings. The van der Waals surface area contributed by atoms with E-state index in [0.29, 0.717) is 31.2 Å². The number of ether oxygens (including phenoxy) is 1. The van der Waals surface area contributed by atoms with Crippen LogP contribution in [-0.2, 0) is 10.2 Å². The van der Waals surface area contributed by atoms with Crippen LogP contribution in [0.15, 0.2) is 46.4 Å². The zero-order valence-electron chi connectivity index (χ0n) is 25.5. The average molecular weight is 598 g/mol. The first kappa shape index (κ1) is 30.1. The van der Waals surface area contributed by atoms with Crippen molar-refractivity contribution in [3.8, 4) is 0 Å². The van der Waals surface area contributed by atoms with Crippen LogP contribution in [0.4, 0.5) is 10.6 Å². The van der Waals surface area contributed by atoms with Crippen molar-refractivity contribution >= 4 is 28.9 Å². The summed E-state index contributed by atoms with van der Waals surface area (Å²) in [5, 5.41) is 21.2. The molecule has 42 heavy (non-hydrogen) atoms. The first-order valence-corrected chi connectivity index (χ1v) is 15.4. The predicted octanol–water partition coefficient (Wildman–Crippen LogP) is 5.45. The summed E-state index contributed by atoms with van der Waals surface area (Å²) < 4.78 is 11.0. The lowest BCUT2D eigenvalue weighted by atomic mass is 9.92. The third-order valence-corrected chi connectivity index (χ3v) is 8.73. The molecule has 1 aliphatic carbocycles. The van der Waals surface area contributed by atoms with Crippen molar-refractivity contribution in [3.63, 3.8) is 0 Å². The van der Waals surface area contributed by atoms with Gasteiger partial charge >= 0.3 is 6.09 Å². The minimum atomic E-state index is -0.827. The van der Waals surface area contributed by atoms with Crippen LogP contribution in [0.3, 0.4) is 0 Å². The van der Waals surface area contributed by atoms with Gasteiger partial charge in [0.1, 0.15) is 17.6 Å². The molecule has 2 aromatic heterocycles. The molecule has 1 amide bonds. The highest BCUT2D eigenvalue weighted by Gasteiger charge is 2.30. The minimum absolute atomic E-state index is 0.153. The van der Waals surface area contributed by atoms with Gasteiger partial charge in [0.05, 0.1) is 21.3 Å². The Labute approximate surface area is 251 Å². The maximum Gasteiger partial charge on any atom is 0.410 e. The number of hydrazine groups is 2. The number of thiazole rings is 1. The molecular formula is C30H43N7O4S. The van der Waals surface area contributed by atoms with Gasteiger partial charge in [-0.2, -0.15) is 0 Å². The van der Waals surface area contributed by atoms with E-state index < -0.39 is 11.8 Å². The Morgan fingerprint density at radius 3 is 2.64 bits per heavy atom. The van der Waals surface area contributed by atoms with Crippen LogP contribution in [0.5, 0.6) is 0 Å². The molecule has 5 rings (SSSR count). The molecule has 0 spiro atoms. The van der Waals surface area contributed by atoms with Gasteiger partial charge in [0.25, 0.3) is 0 Å². The van der Waals surface area contributed by atoms with E-state index in [1.54, 1.807) is 16.2 Å². The maximum atomic E-state index is 12.4. The number of aromatic nitrogens is 2. The van der Waals surface area contributed by atoms with Gasteiger partial charge in [-0.05, 0) is 52.5 Å². The molecule has 2 aromatic rings. The van der Waals surface area contributed by atoms with Crippen LogP contribution in [-0.4, -0.2) is 56.2 Å². The summed E-state index contributed by atoms with van der Waals surface area (Å²) in [5.41, 5.74) is 8.86. The van der Waals surface area contributed by atoms with Crippen molar-refractivity contribution in [2.45, 2.75) is 90.9 Å². The van der Waals surface area contributed by atoms with Crippen LogP contribution in [0, 0.1) is 5.92 Å². The van der Waals surface area contributed by atoms with Gasteiger partial charge in [0, 0.05) is 48.8 Å². The lowest BCUT2D eigenvalue weighted by molar-refractivity contribution is 0.0204. The fourth-order valence-corrected chi connectivity index (χ4v) is 6.12. The lowest BCUT2D eigenvalue weighted by Gasteiger charge is -2.32. The predicted molar refractivity (Wildman–Crippen MR) is 163 cm³/mol. The molecule has 1 saturated heterocycles. The Morgan fingerprint density at radius 1 is 1.24 bits per heavy atom. The number of aliphatic hydroxyl groups excluding tert-OH is 1. The molecule has 2 aliphatic heterocycles. The Kier molecular flexibility index (Phi) is 8.41. The number of carbonyl (C=O) groups is 1. The summed E-state index contributed by atoms with van der Waals surface area (Å²) in [6.07, 6.45) is 9.49. The smallest absolute Gasteiger partial charge is 0.410 e. The van der Waals surface area contributed by atoms with Crippen LogP contribution in [0.1, 0.15) is 89.3 Å². The first-order valence-electron chi connectivity index (χ1n) is 14.5. The van der Waals surface area contributed by atoms with Gasteiger partial charge in [-0.25, -0.2) is 9.78 Å². The van der Waals surface area contributed by atoms with Gasteiger partial charge < -0.3 is 30.0 Å². The molecule has 12 heteroatoms. The van der Waals surface area contributed by atoms with E-state index in [1.165, 1.54) is 0 Å². The number of amides is 1. The third-order valence-electron chi connectivity index (χ3n) is 7.54. The number of aliphatic hydroxyl groups is 1. The summed E-state index contributed by atoms with van der Waals surface area (Å²) in [5.74, 6) is 1.45. The van der Waals surface area contributed by atoms with E-state index >= 15 is 0 Å². The fourth-order valence-electron chi connectivity index (χ4n) is 5.07. The van der Waals surface area contributed by atoms with Crippen molar-refractivity contribution in [1.82, 2.24) is 31.0 Å². The Bertz CT molecular complexity index is 1370. The molecule has 2 unspecified atom stereocenters. The average Bonchev–Trinajstić information content (AvgIpc) is 3.68. The largest absolute Gasteiger partial charge is 0.444 e. The number of allylic oxidation sites excluding steroid dienone is 2. The van der Waals surface area contributed by atoms with Crippen molar-refractivity contribution < 1.29 is 19.2 Å². The highest BCUT2D eigenvalue weighted by Crippen LogP contribution is 2.35.